The Morgan fingerprint density at radius 3 is 2.61 bits per heavy atom. The van der Waals surface area contributed by atoms with Gasteiger partial charge in [0, 0.05) is 17.8 Å². The van der Waals surface area contributed by atoms with Crippen LogP contribution in [0.4, 0.5) is 11.4 Å². The number of nitro groups is 1. The summed E-state index contributed by atoms with van der Waals surface area (Å²) in [4.78, 5) is 22.5. The lowest BCUT2D eigenvalue weighted by Gasteiger charge is -2.10. The van der Waals surface area contributed by atoms with Gasteiger partial charge in [-0.2, -0.15) is 0 Å². The molecule has 0 aliphatic carbocycles. The molecule has 0 radical (unpaired) electrons. The number of nitrogens with zero attached hydrogens (tertiary/aromatic N) is 1. The van der Waals surface area contributed by atoms with Crippen molar-refractivity contribution in [2.75, 3.05) is 18.5 Å². The minimum absolute atomic E-state index is 0.0582. The molecule has 2 aromatic rings. The molecule has 0 unspecified atom stereocenters. The summed E-state index contributed by atoms with van der Waals surface area (Å²) in [5.41, 5.74) is 0.407. The van der Waals surface area contributed by atoms with Crippen LogP contribution in [0.25, 0.3) is 0 Å². The number of rotatable bonds is 12. The molecule has 0 saturated carbocycles. The Hall–Kier alpha value is -3.09. The van der Waals surface area contributed by atoms with Crippen LogP contribution in [-0.2, 0) is 4.79 Å². The molecule has 0 heterocycles. The van der Waals surface area contributed by atoms with E-state index < -0.39 is 10.8 Å². The highest BCUT2D eigenvalue weighted by molar-refractivity contribution is 5.92. The Morgan fingerprint density at radius 1 is 1.04 bits per heavy atom. The third-order valence-electron chi connectivity index (χ3n) is 4.06. The van der Waals surface area contributed by atoms with Crippen LogP contribution in [0.3, 0.4) is 0 Å². The van der Waals surface area contributed by atoms with Crippen LogP contribution in [0.15, 0.2) is 48.5 Å². The fourth-order valence-corrected chi connectivity index (χ4v) is 2.63. The fraction of sp³-hybridized carbons (Fsp3) is 0.381. The molecule has 1 amide bonds. The Balaban J connectivity index is 1.80. The van der Waals surface area contributed by atoms with Crippen molar-refractivity contribution in [2.45, 2.75) is 39.0 Å². The van der Waals surface area contributed by atoms with E-state index in [-0.39, 0.29) is 18.0 Å². The second-order valence-corrected chi connectivity index (χ2v) is 6.35. The van der Waals surface area contributed by atoms with E-state index in [4.69, 9.17) is 9.47 Å². The molecule has 2 rings (SSSR count). The highest BCUT2D eigenvalue weighted by atomic mass is 16.6. The van der Waals surface area contributed by atoms with Gasteiger partial charge < -0.3 is 14.8 Å². The zero-order valence-electron chi connectivity index (χ0n) is 16.1. The van der Waals surface area contributed by atoms with Crippen molar-refractivity contribution >= 4 is 17.3 Å². The van der Waals surface area contributed by atoms with E-state index in [2.05, 4.69) is 12.2 Å². The lowest BCUT2D eigenvalue weighted by Crippen LogP contribution is -2.20. The number of nitro benzene ring substituents is 1. The molecular formula is C21H26N2O5. The SMILES string of the molecule is CCCCCCCOc1cccc(NC(=O)COc2ccccc2[N+](=O)[O-])c1. The number of unbranched alkanes of at least 4 members (excludes halogenated alkanes) is 4. The number of nitrogens with one attached hydrogen (secondary N) is 1. The van der Waals surface area contributed by atoms with E-state index in [1.54, 1.807) is 30.3 Å². The van der Waals surface area contributed by atoms with Crippen molar-refractivity contribution in [2.24, 2.45) is 0 Å². The molecule has 2 aromatic carbocycles. The lowest BCUT2D eigenvalue weighted by molar-refractivity contribution is -0.385. The second kappa shape index (κ2) is 11.6. The van der Waals surface area contributed by atoms with Crippen LogP contribution in [-0.4, -0.2) is 24.0 Å². The van der Waals surface area contributed by atoms with E-state index in [0.717, 1.165) is 12.8 Å². The van der Waals surface area contributed by atoms with Gasteiger partial charge in [-0.05, 0) is 24.6 Å². The molecule has 28 heavy (non-hydrogen) atoms. The van der Waals surface area contributed by atoms with Gasteiger partial charge in [-0.15, -0.1) is 0 Å². The van der Waals surface area contributed by atoms with Gasteiger partial charge in [0.05, 0.1) is 11.5 Å². The van der Waals surface area contributed by atoms with Gasteiger partial charge in [-0.1, -0.05) is 50.8 Å². The van der Waals surface area contributed by atoms with Gasteiger partial charge in [-0.3, -0.25) is 14.9 Å². The predicted octanol–water partition coefficient (Wildman–Crippen LogP) is 4.96. The quantitative estimate of drug-likeness (QED) is 0.316. The van der Waals surface area contributed by atoms with Gasteiger partial charge in [0.2, 0.25) is 0 Å². The summed E-state index contributed by atoms with van der Waals surface area (Å²) in [6.07, 6.45) is 5.82. The fourth-order valence-electron chi connectivity index (χ4n) is 2.63. The van der Waals surface area contributed by atoms with Gasteiger partial charge in [0.15, 0.2) is 12.4 Å². The number of benzene rings is 2. The number of hydrogen-bond acceptors (Lipinski definition) is 5. The molecule has 0 aromatic heterocycles. The molecule has 7 heteroatoms. The van der Waals surface area contributed by atoms with Crippen molar-refractivity contribution < 1.29 is 19.2 Å². The van der Waals surface area contributed by atoms with Crippen LogP contribution < -0.4 is 14.8 Å². The van der Waals surface area contributed by atoms with Crippen LogP contribution in [0, 0.1) is 10.1 Å². The molecule has 7 nitrogen and oxygen atoms in total. The lowest BCUT2D eigenvalue weighted by atomic mass is 10.2. The summed E-state index contributed by atoms with van der Waals surface area (Å²) in [7, 11) is 0. The van der Waals surface area contributed by atoms with Crippen LogP contribution in [0.5, 0.6) is 11.5 Å². The first-order valence-electron chi connectivity index (χ1n) is 9.49. The Bertz CT molecular complexity index is 779. The number of ether oxygens (including phenoxy) is 2. The molecule has 0 fully saturated rings. The van der Waals surface area contributed by atoms with Gasteiger partial charge in [0.1, 0.15) is 5.75 Å². The summed E-state index contributed by atoms with van der Waals surface area (Å²) < 4.78 is 11.0. The smallest absolute Gasteiger partial charge is 0.310 e. The summed E-state index contributed by atoms with van der Waals surface area (Å²) in [5.74, 6) is 0.339. The third-order valence-corrected chi connectivity index (χ3v) is 4.06. The number of carbonyl (C=O) groups excluding carboxylic acids is 1. The van der Waals surface area contributed by atoms with Crippen LogP contribution in [0.1, 0.15) is 39.0 Å². The molecule has 150 valence electrons. The first-order chi connectivity index (χ1) is 13.6. The highest BCUT2D eigenvalue weighted by Gasteiger charge is 2.15. The molecule has 0 spiro atoms. The Kier molecular flexibility index (Phi) is 8.78. The zero-order chi connectivity index (χ0) is 20.2. The van der Waals surface area contributed by atoms with Crippen LogP contribution in [0.2, 0.25) is 0 Å². The van der Waals surface area contributed by atoms with E-state index in [0.29, 0.717) is 18.0 Å². The Morgan fingerprint density at radius 2 is 1.82 bits per heavy atom. The number of amides is 1. The molecule has 1 N–H and O–H groups in total. The summed E-state index contributed by atoms with van der Waals surface area (Å²) >= 11 is 0. The summed E-state index contributed by atoms with van der Waals surface area (Å²) in [5, 5.41) is 13.7. The Labute approximate surface area is 164 Å². The number of anilines is 1. The minimum Gasteiger partial charge on any atom is -0.494 e. The number of carbonyl (C=O) groups is 1. The van der Waals surface area contributed by atoms with Crippen molar-refractivity contribution in [1.82, 2.24) is 0 Å². The average Bonchev–Trinajstić information content (AvgIpc) is 2.69. The average molecular weight is 386 g/mol. The van der Waals surface area contributed by atoms with E-state index in [1.807, 2.05) is 6.07 Å². The molecule has 0 aliphatic rings. The molecule has 0 bridgehead atoms. The third kappa shape index (κ3) is 7.26. The van der Waals surface area contributed by atoms with Crippen molar-refractivity contribution in [3.8, 4) is 11.5 Å². The van der Waals surface area contributed by atoms with Crippen molar-refractivity contribution in [1.29, 1.82) is 0 Å². The van der Waals surface area contributed by atoms with E-state index in [1.165, 1.54) is 31.4 Å². The molecular weight excluding hydrogens is 360 g/mol. The standard InChI is InChI=1S/C21H26N2O5/c1-2-3-4-5-8-14-27-18-11-9-10-17(15-18)22-21(24)16-28-20-13-7-6-12-19(20)23(25)26/h6-7,9-13,15H,2-5,8,14,16H2,1H3,(H,22,24). The summed E-state index contributed by atoms with van der Waals surface area (Å²) in [6, 6.07) is 13.1. The van der Waals surface area contributed by atoms with E-state index >= 15 is 0 Å². The topological polar surface area (TPSA) is 90.7 Å². The zero-order valence-corrected chi connectivity index (χ0v) is 16.1. The maximum atomic E-state index is 12.1. The maximum absolute atomic E-state index is 12.1. The predicted molar refractivity (Wildman–Crippen MR) is 108 cm³/mol. The first kappa shape index (κ1) is 21.2. The largest absolute Gasteiger partial charge is 0.494 e. The highest BCUT2D eigenvalue weighted by Crippen LogP contribution is 2.25. The molecule has 0 atom stereocenters. The first-order valence-corrected chi connectivity index (χ1v) is 9.49. The normalized spacial score (nSPS) is 10.3. The van der Waals surface area contributed by atoms with E-state index in [9.17, 15) is 14.9 Å². The van der Waals surface area contributed by atoms with Gasteiger partial charge in [0.25, 0.3) is 5.91 Å². The molecule has 0 aliphatic heterocycles. The number of para-hydroxylation sites is 2. The molecule has 0 saturated heterocycles. The monoisotopic (exact) mass is 386 g/mol. The van der Waals surface area contributed by atoms with Crippen LogP contribution >= 0.6 is 0 Å². The van der Waals surface area contributed by atoms with Crippen molar-refractivity contribution in [3.05, 3.63) is 58.6 Å². The van der Waals surface area contributed by atoms with Crippen molar-refractivity contribution in [3.63, 3.8) is 0 Å². The number of hydrogen-bond donors (Lipinski definition) is 1. The van der Waals surface area contributed by atoms with Gasteiger partial charge in [-0.25, -0.2) is 0 Å². The minimum atomic E-state index is -0.545. The summed E-state index contributed by atoms with van der Waals surface area (Å²) in [6.45, 7) is 2.50. The second-order valence-electron chi connectivity index (χ2n) is 6.35. The maximum Gasteiger partial charge on any atom is 0.310 e. The van der Waals surface area contributed by atoms with Gasteiger partial charge >= 0.3 is 5.69 Å².